The summed E-state index contributed by atoms with van der Waals surface area (Å²) in [6.07, 6.45) is -3.44. The molecule has 19 heavy (non-hydrogen) atoms. The molecule has 0 saturated heterocycles. The second kappa shape index (κ2) is 4.97. The maximum atomic E-state index is 12.6. The summed E-state index contributed by atoms with van der Waals surface area (Å²) in [6.45, 7) is 0. The van der Waals surface area contributed by atoms with E-state index in [1.807, 2.05) is 0 Å². The third-order valence-electron chi connectivity index (χ3n) is 2.37. The molecule has 1 aromatic heterocycles. The first-order valence-electron chi connectivity index (χ1n) is 5.06. The van der Waals surface area contributed by atoms with E-state index in [1.54, 1.807) is 0 Å². The summed E-state index contributed by atoms with van der Waals surface area (Å²) in [6, 6.07) is 5.85. The highest BCUT2D eigenvalue weighted by Crippen LogP contribution is 2.36. The summed E-state index contributed by atoms with van der Waals surface area (Å²) in [4.78, 5) is 0. The molecule has 7 heteroatoms. The van der Waals surface area contributed by atoms with Gasteiger partial charge in [0.15, 0.2) is 0 Å². The van der Waals surface area contributed by atoms with E-state index in [-0.39, 0.29) is 22.1 Å². The molecule has 0 spiro atoms. The Morgan fingerprint density at radius 2 is 1.95 bits per heavy atom. The fraction of sp³-hybridized carbons (Fsp3) is 0.0833. The summed E-state index contributed by atoms with van der Waals surface area (Å²) in [5.41, 5.74) is -0.699. The molecule has 0 aliphatic rings. The normalized spacial score (nSPS) is 12.2. The molecule has 0 aliphatic heterocycles. The molecule has 3 nitrogen and oxygen atoms in total. The van der Waals surface area contributed by atoms with Crippen LogP contribution in [0.5, 0.6) is 0 Å². The number of hydrogen-bond acceptors (Lipinski definition) is 3. The van der Waals surface area contributed by atoms with Gasteiger partial charge in [-0.05, 0) is 30.3 Å². The molecule has 0 unspecified atom stereocenters. The number of rotatable bonds is 2. The second-order valence-electron chi connectivity index (χ2n) is 3.64. The summed E-state index contributed by atoms with van der Waals surface area (Å²) < 4.78 is 43.0. The Hall–Kier alpha value is -1.95. The fourth-order valence-corrected chi connectivity index (χ4v) is 1.72. The van der Waals surface area contributed by atoms with Crippen molar-refractivity contribution in [1.82, 2.24) is 0 Å². The molecular weight excluding hydrogens is 283 g/mol. The van der Waals surface area contributed by atoms with Gasteiger partial charge in [-0.3, -0.25) is 0 Å². The molecule has 0 bridgehead atoms. The van der Waals surface area contributed by atoms with Gasteiger partial charge in [0.25, 0.3) is 0 Å². The summed E-state index contributed by atoms with van der Waals surface area (Å²) in [5.74, 6) is 0.358. The summed E-state index contributed by atoms with van der Waals surface area (Å²) in [5, 5.41) is 11.2. The number of hydrogen-bond donors (Lipinski definition) is 1. The zero-order chi connectivity index (χ0) is 14.0. The number of furan rings is 1. The minimum Gasteiger partial charge on any atom is -0.455 e. The van der Waals surface area contributed by atoms with Crippen LogP contribution in [0.15, 0.2) is 39.9 Å². The average Bonchev–Trinajstić information content (AvgIpc) is 2.77. The van der Waals surface area contributed by atoms with Gasteiger partial charge >= 0.3 is 6.18 Å². The van der Waals surface area contributed by atoms with Crippen LogP contribution in [0.25, 0.3) is 11.3 Å². The van der Waals surface area contributed by atoms with Gasteiger partial charge in [0.2, 0.25) is 0 Å². The molecule has 1 heterocycles. The van der Waals surface area contributed by atoms with Gasteiger partial charge in [-0.1, -0.05) is 16.8 Å². The molecule has 0 saturated carbocycles. The minimum atomic E-state index is -4.46. The lowest BCUT2D eigenvalue weighted by molar-refractivity contribution is -0.137. The van der Waals surface area contributed by atoms with Crippen molar-refractivity contribution < 1.29 is 22.8 Å². The quantitative estimate of drug-likeness (QED) is 0.505. The van der Waals surface area contributed by atoms with Crippen LogP contribution in [-0.4, -0.2) is 11.4 Å². The first-order chi connectivity index (χ1) is 8.91. The van der Waals surface area contributed by atoms with Crippen molar-refractivity contribution in [2.24, 2.45) is 5.16 Å². The molecule has 0 radical (unpaired) electrons. The third kappa shape index (κ3) is 2.90. The average molecular weight is 290 g/mol. The van der Waals surface area contributed by atoms with E-state index >= 15 is 0 Å². The number of alkyl halides is 3. The highest BCUT2D eigenvalue weighted by molar-refractivity contribution is 6.33. The van der Waals surface area contributed by atoms with Crippen LogP contribution in [0.1, 0.15) is 11.3 Å². The van der Waals surface area contributed by atoms with Crippen LogP contribution in [0, 0.1) is 0 Å². The molecule has 0 fully saturated rings. The van der Waals surface area contributed by atoms with Crippen LogP contribution >= 0.6 is 11.6 Å². The monoisotopic (exact) mass is 289 g/mol. The number of benzene rings is 1. The maximum Gasteiger partial charge on any atom is 0.416 e. The highest BCUT2D eigenvalue weighted by Gasteiger charge is 2.31. The van der Waals surface area contributed by atoms with E-state index in [2.05, 4.69) is 5.16 Å². The van der Waals surface area contributed by atoms with Crippen LogP contribution in [-0.2, 0) is 6.18 Å². The molecule has 1 N–H and O–H groups in total. The Morgan fingerprint density at radius 3 is 2.58 bits per heavy atom. The predicted molar refractivity (Wildman–Crippen MR) is 63.5 cm³/mol. The molecular formula is C12H7ClF3NO2. The summed E-state index contributed by atoms with van der Waals surface area (Å²) in [7, 11) is 0. The van der Waals surface area contributed by atoms with Crippen molar-refractivity contribution >= 4 is 17.8 Å². The van der Waals surface area contributed by atoms with Crippen molar-refractivity contribution in [2.75, 3.05) is 0 Å². The largest absolute Gasteiger partial charge is 0.455 e. The van der Waals surface area contributed by atoms with Crippen molar-refractivity contribution in [3.8, 4) is 11.3 Å². The van der Waals surface area contributed by atoms with Crippen LogP contribution in [0.2, 0.25) is 5.02 Å². The van der Waals surface area contributed by atoms with E-state index in [0.29, 0.717) is 0 Å². The summed E-state index contributed by atoms with van der Waals surface area (Å²) >= 11 is 5.86. The molecule has 1 aromatic carbocycles. The Kier molecular flexibility index (Phi) is 3.53. The third-order valence-corrected chi connectivity index (χ3v) is 2.70. The number of halogens is 4. The van der Waals surface area contributed by atoms with Gasteiger partial charge < -0.3 is 9.62 Å². The van der Waals surface area contributed by atoms with Crippen molar-refractivity contribution in [3.05, 3.63) is 46.7 Å². The van der Waals surface area contributed by atoms with Crippen LogP contribution in [0.3, 0.4) is 0 Å². The molecule has 0 amide bonds. The van der Waals surface area contributed by atoms with Crippen molar-refractivity contribution in [1.29, 1.82) is 0 Å². The Balaban J connectivity index is 2.48. The Morgan fingerprint density at radius 1 is 1.21 bits per heavy atom. The lowest BCUT2D eigenvalue weighted by atomic mass is 10.1. The van der Waals surface area contributed by atoms with Crippen molar-refractivity contribution in [2.45, 2.75) is 6.18 Å². The fourth-order valence-electron chi connectivity index (χ4n) is 1.51. The first kappa shape index (κ1) is 13.5. The van der Waals surface area contributed by atoms with Gasteiger partial charge in [-0.15, -0.1) is 0 Å². The van der Waals surface area contributed by atoms with Gasteiger partial charge in [0.05, 0.1) is 10.6 Å². The lowest BCUT2D eigenvalue weighted by Crippen LogP contribution is -2.04. The Bertz CT molecular complexity index is 620. The van der Waals surface area contributed by atoms with Crippen LogP contribution < -0.4 is 0 Å². The highest BCUT2D eigenvalue weighted by atomic mass is 35.5. The lowest BCUT2D eigenvalue weighted by Gasteiger charge is -2.08. The van der Waals surface area contributed by atoms with E-state index in [0.717, 1.165) is 24.4 Å². The van der Waals surface area contributed by atoms with Gasteiger partial charge in [0.1, 0.15) is 17.7 Å². The van der Waals surface area contributed by atoms with Gasteiger partial charge in [0, 0.05) is 5.56 Å². The molecule has 100 valence electrons. The standard InChI is InChI=1S/C12H7ClF3NO2/c13-10-3-1-7(12(14,15)16)5-9(10)11-4-2-8(19-11)6-17-18/h1-6,18H/b17-6-. The molecule has 2 rings (SSSR count). The first-order valence-corrected chi connectivity index (χ1v) is 5.44. The van der Waals surface area contributed by atoms with Crippen molar-refractivity contribution in [3.63, 3.8) is 0 Å². The number of nitrogens with zero attached hydrogens (tertiary/aromatic N) is 1. The topological polar surface area (TPSA) is 45.7 Å². The van der Waals surface area contributed by atoms with Gasteiger partial charge in [-0.25, -0.2) is 0 Å². The molecule has 2 aromatic rings. The van der Waals surface area contributed by atoms with E-state index in [4.69, 9.17) is 21.2 Å². The number of oxime groups is 1. The van der Waals surface area contributed by atoms with E-state index in [9.17, 15) is 13.2 Å². The zero-order valence-electron chi connectivity index (χ0n) is 9.28. The van der Waals surface area contributed by atoms with E-state index in [1.165, 1.54) is 12.1 Å². The Labute approximate surface area is 110 Å². The smallest absolute Gasteiger partial charge is 0.416 e. The molecule has 0 atom stereocenters. The predicted octanol–water partition coefficient (Wildman–Crippen LogP) is 4.43. The zero-order valence-corrected chi connectivity index (χ0v) is 10.0. The van der Waals surface area contributed by atoms with Crippen LogP contribution in [0.4, 0.5) is 13.2 Å². The second-order valence-corrected chi connectivity index (χ2v) is 4.05. The van der Waals surface area contributed by atoms with E-state index < -0.39 is 11.7 Å². The minimum absolute atomic E-state index is 0.120. The molecule has 0 aliphatic carbocycles. The SMILES string of the molecule is O/N=C\c1ccc(-c2cc(C(F)(F)F)ccc2Cl)o1. The maximum absolute atomic E-state index is 12.6. The van der Waals surface area contributed by atoms with Gasteiger partial charge in [-0.2, -0.15) is 13.2 Å².